The van der Waals surface area contributed by atoms with Gasteiger partial charge in [-0.05, 0) is 55.8 Å². The number of hydrogen-bond donors (Lipinski definition) is 7. The van der Waals surface area contributed by atoms with Crippen LogP contribution in [0.25, 0.3) is 21.8 Å². The highest BCUT2D eigenvalue weighted by Gasteiger charge is 2.42. The van der Waals surface area contributed by atoms with E-state index in [1.807, 2.05) is 48.5 Å². The molecule has 0 bridgehead atoms. The Morgan fingerprint density at radius 2 is 1.41 bits per heavy atom. The number of benzene rings is 3. The SMILES string of the molecule is NCCCCC(N)C(=O)N(C(=O)C(N)Cc1c[nH]cn1)C(C(=O)CN)C(=O)Nc1ccc(Nc2c3ccccc3nc3ccccc23)cc1. The number of anilines is 3. The van der Waals surface area contributed by atoms with Gasteiger partial charge in [0.25, 0.3) is 5.91 Å². The first-order valence-corrected chi connectivity index (χ1v) is 16.0. The number of unbranched alkanes of at least 4 members (excludes halogenated alkanes) is 1. The number of nitrogens with one attached hydrogen (secondary N) is 3. The van der Waals surface area contributed by atoms with Crippen LogP contribution in [0.15, 0.2) is 85.3 Å². The molecule has 5 aromatic rings. The van der Waals surface area contributed by atoms with Crippen LogP contribution in [0, 0.1) is 0 Å². The van der Waals surface area contributed by atoms with Crippen molar-refractivity contribution in [3.8, 4) is 0 Å². The number of H-pyrrole nitrogens is 1. The Morgan fingerprint density at radius 3 is 2.00 bits per heavy atom. The Balaban J connectivity index is 1.40. The van der Waals surface area contributed by atoms with Gasteiger partial charge in [-0.3, -0.25) is 24.1 Å². The largest absolute Gasteiger partial charge is 0.354 e. The van der Waals surface area contributed by atoms with Gasteiger partial charge >= 0.3 is 0 Å². The number of aromatic amines is 1. The number of nitrogens with zero attached hydrogens (tertiary/aromatic N) is 3. The fraction of sp³-hybridized carbons (Fsp3) is 0.257. The quantitative estimate of drug-likeness (QED) is 0.0485. The Bertz CT molecular complexity index is 1880. The predicted molar refractivity (Wildman–Crippen MR) is 188 cm³/mol. The predicted octanol–water partition coefficient (Wildman–Crippen LogP) is 2.07. The molecule has 254 valence electrons. The molecule has 3 aromatic carbocycles. The molecule has 5 rings (SSSR count). The molecule has 3 unspecified atom stereocenters. The number of imide groups is 1. The molecular weight excluding hydrogens is 624 g/mol. The number of aromatic nitrogens is 3. The number of Topliss-reactive ketones (excluding diaryl/α,β-unsaturated/α-hetero) is 1. The van der Waals surface area contributed by atoms with Gasteiger partial charge in [-0.15, -0.1) is 0 Å². The Morgan fingerprint density at radius 1 is 0.796 bits per heavy atom. The van der Waals surface area contributed by atoms with Gasteiger partial charge in [0.1, 0.15) is 0 Å². The maximum atomic E-state index is 13.8. The van der Waals surface area contributed by atoms with Gasteiger partial charge in [0.05, 0.1) is 47.4 Å². The van der Waals surface area contributed by atoms with Gasteiger partial charge < -0.3 is 38.6 Å². The number of amides is 3. The van der Waals surface area contributed by atoms with Crippen molar-refractivity contribution in [1.82, 2.24) is 19.9 Å². The standard InChI is InChI=1S/C35H40N10O4/c36-16-6-5-9-26(38)34(48)45(35(49)27(39)17-23-19-40-20-41-23)32(30(46)18-37)33(47)43-22-14-12-21(13-15-22)42-31-24-7-1-3-10-28(24)44-29-11-4-2-8-25(29)31/h1-4,7-8,10-15,19-20,26-27,32H,5-6,9,16-18,36-39H2,(H,40,41)(H,42,44)(H,43,47). The van der Waals surface area contributed by atoms with E-state index in [1.165, 1.54) is 6.33 Å². The van der Waals surface area contributed by atoms with E-state index in [4.69, 9.17) is 27.9 Å². The molecule has 3 amide bonds. The number of hydrogen-bond acceptors (Lipinski definition) is 11. The fourth-order valence-electron chi connectivity index (χ4n) is 5.55. The van der Waals surface area contributed by atoms with Crippen LogP contribution in [0.3, 0.4) is 0 Å². The second kappa shape index (κ2) is 16.0. The van der Waals surface area contributed by atoms with Crippen molar-refractivity contribution in [2.75, 3.05) is 23.7 Å². The van der Waals surface area contributed by atoms with Crippen molar-refractivity contribution in [2.24, 2.45) is 22.9 Å². The molecular formula is C35H40N10O4. The van der Waals surface area contributed by atoms with Crippen molar-refractivity contribution in [2.45, 2.75) is 43.8 Å². The van der Waals surface area contributed by atoms with Crippen molar-refractivity contribution in [3.63, 3.8) is 0 Å². The summed E-state index contributed by atoms with van der Waals surface area (Å²) in [5.41, 5.74) is 27.7. The zero-order valence-electron chi connectivity index (χ0n) is 26.8. The summed E-state index contributed by atoms with van der Waals surface area (Å²) in [6, 6.07) is 17.9. The summed E-state index contributed by atoms with van der Waals surface area (Å²) in [4.78, 5) is 66.6. The molecule has 14 heteroatoms. The summed E-state index contributed by atoms with van der Waals surface area (Å²) in [5, 5.41) is 7.99. The molecule has 11 N–H and O–H groups in total. The minimum atomic E-state index is -1.91. The zero-order chi connectivity index (χ0) is 34.9. The van der Waals surface area contributed by atoms with E-state index in [2.05, 4.69) is 20.6 Å². The number of para-hydroxylation sites is 2. The number of rotatable bonds is 15. The third-order valence-electron chi connectivity index (χ3n) is 8.08. The molecule has 0 saturated carbocycles. The lowest BCUT2D eigenvalue weighted by Crippen LogP contribution is -2.62. The molecule has 2 heterocycles. The minimum Gasteiger partial charge on any atom is -0.354 e. The van der Waals surface area contributed by atoms with Crippen LogP contribution in [0.4, 0.5) is 17.1 Å². The van der Waals surface area contributed by atoms with Crippen LogP contribution in [-0.4, -0.2) is 74.6 Å². The minimum absolute atomic E-state index is 0.0593. The van der Waals surface area contributed by atoms with E-state index in [0.29, 0.717) is 41.4 Å². The zero-order valence-corrected chi connectivity index (χ0v) is 26.8. The summed E-state index contributed by atoms with van der Waals surface area (Å²) < 4.78 is 0. The van der Waals surface area contributed by atoms with Gasteiger partial charge in [0.2, 0.25) is 11.8 Å². The van der Waals surface area contributed by atoms with Gasteiger partial charge in [0.15, 0.2) is 11.8 Å². The molecule has 0 fully saturated rings. The van der Waals surface area contributed by atoms with Gasteiger partial charge in [-0.1, -0.05) is 42.8 Å². The summed E-state index contributed by atoms with van der Waals surface area (Å²) in [6.07, 6.45) is 4.17. The fourth-order valence-corrected chi connectivity index (χ4v) is 5.55. The molecule has 0 spiro atoms. The molecule has 0 aliphatic rings. The third-order valence-corrected chi connectivity index (χ3v) is 8.08. The van der Waals surface area contributed by atoms with E-state index in [-0.39, 0.29) is 12.8 Å². The van der Waals surface area contributed by atoms with E-state index in [0.717, 1.165) is 27.5 Å². The first-order valence-electron chi connectivity index (χ1n) is 16.0. The number of carbonyl (C=O) groups is 4. The Hall–Kier alpha value is -5.54. The summed E-state index contributed by atoms with van der Waals surface area (Å²) in [7, 11) is 0. The lowest BCUT2D eigenvalue weighted by Gasteiger charge is -2.32. The summed E-state index contributed by atoms with van der Waals surface area (Å²) >= 11 is 0. The molecule has 3 atom stereocenters. The van der Waals surface area contributed by atoms with Crippen LogP contribution in [0.5, 0.6) is 0 Å². The lowest BCUT2D eigenvalue weighted by molar-refractivity contribution is -0.156. The van der Waals surface area contributed by atoms with Crippen molar-refractivity contribution < 1.29 is 19.2 Å². The number of imidazole rings is 1. The third kappa shape index (κ3) is 8.13. The van der Waals surface area contributed by atoms with Crippen LogP contribution in [0.2, 0.25) is 0 Å². The molecule has 2 aromatic heterocycles. The lowest BCUT2D eigenvalue weighted by atomic mass is 10.0. The smallest absolute Gasteiger partial charge is 0.255 e. The number of fused-ring (bicyclic) bond motifs is 2. The second-order valence-corrected chi connectivity index (χ2v) is 11.6. The molecule has 0 saturated heterocycles. The molecule has 49 heavy (non-hydrogen) atoms. The highest BCUT2D eigenvalue weighted by Crippen LogP contribution is 2.33. The highest BCUT2D eigenvalue weighted by molar-refractivity contribution is 6.17. The molecule has 0 radical (unpaired) electrons. The number of nitrogens with two attached hydrogens (primary N) is 4. The molecule has 0 aliphatic carbocycles. The maximum absolute atomic E-state index is 13.8. The summed E-state index contributed by atoms with van der Waals surface area (Å²) in [6.45, 7) is -0.234. The van der Waals surface area contributed by atoms with E-state index in [9.17, 15) is 19.2 Å². The normalized spacial score (nSPS) is 13.1. The number of ketones is 1. The van der Waals surface area contributed by atoms with Crippen molar-refractivity contribution in [1.29, 1.82) is 0 Å². The highest BCUT2D eigenvalue weighted by atomic mass is 16.2. The Labute approximate surface area is 282 Å². The van der Waals surface area contributed by atoms with Crippen LogP contribution >= 0.6 is 0 Å². The molecule has 0 aliphatic heterocycles. The van der Waals surface area contributed by atoms with Gasteiger partial charge in [0, 0.05) is 34.8 Å². The van der Waals surface area contributed by atoms with Crippen LogP contribution in [0.1, 0.15) is 25.0 Å². The van der Waals surface area contributed by atoms with E-state index >= 15 is 0 Å². The maximum Gasteiger partial charge on any atom is 0.255 e. The average molecular weight is 665 g/mol. The van der Waals surface area contributed by atoms with E-state index < -0.39 is 48.2 Å². The van der Waals surface area contributed by atoms with E-state index in [1.54, 1.807) is 30.5 Å². The summed E-state index contributed by atoms with van der Waals surface area (Å²) in [5.74, 6) is -3.68. The Kier molecular flexibility index (Phi) is 11.4. The van der Waals surface area contributed by atoms with Gasteiger partial charge in [-0.25, -0.2) is 9.97 Å². The monoisotopic (exact) mass is 664 g/mol. The number of pyridine rings is 1. The molecule has 14 nitrogen and oxygen atoms in total. The van der Waals surface area contributed by atoms with Gasteiger partial charge in [-0.2, -0.15) is 0 Å². The first-order chi connectivity index (χ1) is 23.7. The van der Waals surface area contributed by atoms with Crippen molar-refractivity contribution >= 4 is 62.4 Å². The van der Waals surface area contributed by atoms with Crippen LogP contribution < -0.4 is 33.6 Å². The number of carbonyl (C=O) groups excluding carboxylic acids is 4. The topological polar surface area (TPSA) is 241 Å². The average Bonchev–Trinajstić information content (AvgIpc) is 3.63. The second-order valence-electron chi connectivity index (χ2n) is 11.6. The van der Waals surface area contributed by atoms with Crippen LogP contribution in [-0.2, 0) is 25.6 Å². The first kappa shape index (κ1) is 34.8. The van der Waals surface area contributed by atoms with Crippen molar-refractivity contribution in [3.05, 3.63) is 91.0 Å².